The molecule has 1 heterocycles. The molecule has 1 saturated heterocycles. The van der Waals surface area contributed by atoms with Crippen molar-refractivity contribution in [2.75, 3.05) is 19.1 Å². The van der Waals surface area contributed by atoms with Crippen LogP contribution in [-0.2, 0) is 20.4 Å². The van der Waals surface area contributed by atoms with E-state index in [1.165, 1.54) is 0 Å². The first-order valence-electron chi connectivity index (χ1n) is 5.10. The van der Waals surface area contributed by atoms with Gasteiger partial charge in [0.2, 0.25) is 10.5 Å². The number of aliphatic hydroxyl groups is 2. The number of hydrogen-bond donors (Lipinski definition) is 2. The van der Waals surface area contributed by atoms with E-state index < -0.39 is 33.5 Å². The molecule has 6 heteroatoms. The van der Waals surface area contributed by atoms with Gasteiger partial charge in [0.25, 0.3) is 0 Å². The van der Waals surface area contributed by atoms with Gasteiger partial charge in [0.05, 0.1) is 12.5 Å². The molecule has 0 amide bonds. The van der Waals surface area contributed by atoms with Crippen molar-refractivity contribution in [2.45, 2.75) is 36.4 Å². The Bertz CT molecular complexity index is 267. The summed E-state index contributed by atoms with van der Waals surface area (Å²) in [5, 5.41) is 31.0. The number of carbonyl (C=O) groups excluding carboxylic acids is 1. The van der Waals surface area contributed by atoms with Crippen LogP contribution in [0.1, 0.15) is 19.8 Å². The number of carboxylic acids is 1. The number of rotatable bonds is 4. The Kier molecular flexibility index (Phi) is 3.89. The summed E-state index contributed by atoms with van der Waals surface area (Å²) >= 11 is 0. The fourth-order valence-corrected chi connectivity index (χ4v) is 4.16. The Morgan fingerprint density at radius 3 is 2.31 bits per heavy atom. The first-order chi connectivity index (χ1) is 7.24. The number of ether oxygens (including phenoxy) is 1. The first-order valence-corrected chi connectivity index (χ1v) is 7.14. The van der Waals surface area contributed by atoms with Gasteiger partial charge in [-0.2, -0.15) is 0 Å². The molecule has 0 aromatic carbocycles. The molecule has 1 rings (SSSR count). The molecule has 0 aliphatic carbocycles. The van der Waals surface area contributed by atoms with Crippen molar-refractivity contribution in [3.05, 3.63) is 0 Å². The topological polar surface area (TPSA) is 89.8 Å². The number of aliphatic carboxylic acids is 1. The van der Waals surface area contributed by atoms with Crippen LogP contribution >= 0.6 is 0 Å². The minimum atomic E-state index is -2.35. The highest BCUT2D eigenvalue weighted by atomic mass is 32.2. The van der Waals surface area contributed by atoms with Crippen LogP contribution in [0, 0.1) is 0 Å². The molecule has 5 nitrogen and oxygen atoms in total. The van der Waals surface area contributed by atoms with Gasteiger partial charge in [-0.1, -0.05) is 0 Å². The van der Waals surface area contributed by atoms with E-state index >= 15 is 0 Å². The van der Waals surface area contributed by atoms with E-state index in [2.05, 4.69) is 0 Å². The van der Waals surface area contributed by atoms with Crippen molar-refractivity contribution >= 4 is 16.9 Å². The van der Waals surface area contributed by atoms with Crippen LogP contribution in [0.4, 0.5) is 0 Å². The van der Waals surface area contributed by atoms with Gasteiger partial charge in [-0.15, -0.1) is 0 Å². The lowest BCUT2D eigenvalue weighted by atomic mass is 9.90. The SMILES string of the molecule is C[S+](C)C(C(=O)[O-])(C1CCCO1)C(C)(O)O. The zero-order valence-corrected chi connectivity index (χ0v) is 10.5. The maximum absolute atomic E-state index is 11.4. The smallest absolute Gasteiger partial charge is 0.244 e. The average Bonchev–Trinajstić information content (AvgIpc) is 2.53. The second-order valence-corrected chi connectivity index (χ2v) is 6.64. The third-order valence-electron chi connectivity index (χ3n) is 3.03. The Labute approximate surface area is 97.8 Å². The maximum atomic E-state index is 11.4. The molecule has 0 aromatic rings. The van der Waals surface area contributed by atoms with Crippen molar-refractivity contribution in [3.63, 3.8) is 0 Å². The van der Waals surface area contributed by atoms with E-state index in [4.69, 9.17) is 4.74 Å². The molecule has 2 atom stereocenters. The third-order valence-corrected chi connectivity index (χ3v) is 5.14. The van der Waals surface area contributed by atoms with E-state index in [1.807, 2.05) is 0 Å². The summed E-state index contributed by atoms with van der Waals surface area (Å²) in [7, 11) is -0.788. The Morgan fingerprint density at radius 2 is 2.06 bits per heavy atom. The molecule has 2 unspecified atom stereocenters. The fraction of sp³-hybridized carbons (Fsp3) is 0.900. The molecule has 1 fully saturated rings. The van der Waals surface area contributed by atoms with Crippen molar-refractivity contribution < 1.29 is 24.9 Å². The highest BCUT2D eigenvalue weighted by Gasteiger charge is 2.64. The quantitative estimate of drug-likeness (QED) is 0.455. The fourth-order valence-electron chi connectivity index (χ4n) is 2.34. The van der Waals surface area contributed by atoms with Crippen LogP contribution < -0.4 is 5.11 Å². The van der Waals surface area contributed by atoms with Crippen molar-refractivity contribution in [2.24, 2.45) is 0 Å². The van der Waals surface area contributed by atoms with Crippen molar-refractivity contribution in [3.8, 4) is 0 Å². The first kappa shape index (κ1) is 13.8. The monoisotopic (exact) mass is 250 g/mol. The maximum Gasteiger partial charge on any atom is 0.244 e. The van der Waals surface area contributed by atoms with Crippen LogP contribution in [0.3, 0.4) is 0 Å². The largest absolute Gasteiger partial charge is 0.544 e. The summed E-state index contributed by atoms with van der Waals surface area (Å²) in [6.07, 6.45) is 3.85. The molecular formula is C10H18O5S. The Balaban J connectivity index is 3.21. The van der Waals surface area contributed by atoms with E-state index in [9.17, 15) is 20.1 Å². The molecule has 0 saturated carbocycles. The lowest BCUT2D eigenvalue weighted by Gasteiger charge is -2.42. The molecular weight excluding hydrogens is 232 g/mol. The van der Waals surface area contributed by atoms with Crippen LogP contribution in [-0.4, -0.2) is 51.9 Å². The standard InChI is InChI=1S/C10H18O5S/c1-9(13,14)10(8(11)12,16(2)3)7-5-4-6-15-7/h7,13-14H,4-6H2,1-3H3. The minimum Gasteiger partial charge on any atom is -0.544 e. The van der Waals surface area contributed by atoms with E-state index in [-0.39, 0.29) is 0 Å². The number of hydrogen-bond acceptors (Lipinski definition) is 5. The molecule has 1 aliphatic rings. The van der Waals surface area contributed by atoms with Gasteiger partial charge < -0.3 is 24.9 Å². The van der Waals surface area contributed by atoms with Gasteiger partial charge in [-0.05, 0) is 19.8 Å². The minimum absolute atomic E-state index is 0.451. The summed E-state index contributed by atoms with van der Waals surface area (Å²) in [6.45, 7) is 1.53. The summed E-state index contributed by atoms with van der Waals surface area (Å²) in [4.78, 5) is 11.4. The normalized spacial score (nSPS) is 25.8. The molecule has 0 bridgehead atoms. The lowest BCUT2D eigenvalue weighted by molar-refractivity contribution is -0.326. The second kappa shape index (κ2) is 4.52. The van der Waals surface area contributed by atoms with Crippen LogP contribution in [0.5, 0.6) is 0 Å². The second-order valence-electron chi connectivity index (χ2n) is 4.36. The number of carbonyl (C=O) groups is 1. The predicted octanol–water partition coefficient (Wildman–Crippen LogP) is -1.77. The number of carboxylic acid groups (broad SMARTS) is 1. The van der Waals surface area contributed by atoms with Crippen LogP contribution in [0.15, 0.2) is 0 Å². The third kappa shape index (κ3) is 1.95. The van der Waals surface area contributed by atoms with Gasteiger partial charge in [-0.3, -0.25) is 0 Å². The molecule has 1 aliphatic heterocycles. The average molecular weight is 250 g/mol. The highest BCUT2D eigenvalue weighted by molar-refractivity contribution is 7.97. The van der Waals surface area contributed by atoms with E-state index in [0.717, 1.165) is 13.3 Å². The van der Waals surface area contributed by atoms with Gasteiger partial charge >= 0.3 is 0 Å². The van der Waals surface area contributed by atoms with Crippen LogP contribution in [0.25, 0.3) is 0 Å². The van der Waals surface area contributed by atoms with Crippen molar-refractivity contribution in [1.82, 2.24) is 0 Å². The van der Waals surface area contributed by atoms with E-state index in [0.29, 0.717) is 13.0 Å². The summed E-state index contributed by atoms with van der Waals surface area (Å²) < 4.78 is 3.57. The molecule has 0 spiro atoms. The van der Waals surface area contributed by atoms with Gasteiger partial charge in [0, 0.05) is 17.5 Å². The molecule has 16 heavy (non-hydrogen) atoms. The van der Waals surface area contributed by atoms with E-state index in [1.54, 1.807) is 12.5 Å². The molecule has 0 radical (unpaired) electrons. The summed E-state index contributed by atoms with van der Waals surface area (Å²) in [6, 6.07) is 0. The molecule has 2 N–H and O–H groups in total. The Hall–Kier alpha value is -0.300. The highest BCUT2D eigenvalue weighted by Crippen LogP contribution is 2.38. The zero-order chi connectivity index (χ0) is 12.6. The van der Waals surface area contributed by atoms with Crippen molar-refractivity contribution in [1.29, 1.82) is 0 Å². The lowest BCUT2D eigenvalue weighted by Crippen LogP contribution is -2.72. The summed E-state index contributed by atoms with van der Waals surface area (Å²) in [5.41, 5.74) is 0. The summed E-state index contributed by atoms with van der Waals surface area (Å²) in [5.74, 6) is -3.81. The van der Waals surface area contributed by atoms with Gasteiger partial charge in [0.15, 0.2) is 0 Å². The Morgan fingerprint density at radius 1 is 1.50 bits per heavy atom. The van der Waals surface area contributed by atoms with Crippen LogP contribution in [0.2, 0.25) is 0 Å². The predicted molar refractivity (Wildman–Crippen MR) is 58.8 cm³/mol. The van der Waals surface area contributed by atoms with Gasteiger partial charge in [0.1, 0.15) is 12.1 Å². The molecule has 94 valence electrons. The zero-order valence-electron chi connectivity index (χ0n) is 9.73. The van der Waals surface area contributed by atoms with Gasteiger partial charge in [-0.25, -0.2) is 0 Å². The molecule has 0 aromatic heterocycles.